The van der Waals surface area contributed by atoms with Crippen molar-refractivity contribution in [2.75, 3.05) is 31.4 Å². The zero-order chi connectivity index (χ0) is 20.5. The van der Waals surface area contributed by atoms with Crippen LogP contribution in [0, 0.1) is 0 Å². The Labute approximate surface area is 170 Å². The van der Waals surface area contributed by atoms with Gasteiger partial charge in [-0.25, -0.2) is 0 Å². The van der Waals surface area contributed by atoms with Crippen molar-refractivity contribution in [2.45, 2.75) is 6.42 Å². The van der Waals surface area contributed by atoms with Gasteiger partial charge in [0.25, 0.3) is 0 Å². The van der Waals surface area contributed by atoms with Crippen molar-refractivity contribution in [2.24, 2.45) is 0 Å². The van der Waals surface area contributed by atoms with Crippen LogP contribution >= 0.6 is 0 Å². The molecule has 0 heterocycles. The van der Waals surface area contributed by atoms with Gasteiger partial charge in [-0.3, -0.25) is 4.79 Å². The molecule has 0 bridgehead atoms. The molecule has 0 atom stereocenters. The first-order valence-electron chi connectivity index (χ1n) is 9.27. The third-order valence-corrected chi connectivity index (χ3v) is 4.20. The monoisotopic (exact) mass is 392 g/mol. The molecule has 29 heavy (non-hydrogen) atoms. The summed E-state index contributed by atoms with van der Waals surface area (Å²) in [5, 5.41) is 6.12. The Hall–Kier alpha value is -3.67. The largest absolute Gasteiger partial charge is 0.493 e. The number of methoxy groups -OCH3 is 2. The van der Waals surface area contributed by atoms with E-state index in [4.69, 9.17) is 14.2 Å². The van der Waals surface area contributed by atoms with Crippen LogP contribution in [0.5, 0.6) is 23.0 Å². The van der Waals surface area contributed by atoms with E-state index in [0.717, 1.165) is 5.69 Å². The Balaban J connectivity index is 1.55. The summed E-state index contributed by atoms with van der Waals surface area (Å²) >= 11 is 0. The molecule has 0 aliphatic carbocycles. The molecular weight excluding hydrogens is 368 g/mol. The fourth-order valence-electron chi connectivity index (χ4n) is 2.75. The number of carbonyl (C=O) groups excluding carboxylic acids is 1. The number of anilines is 2. The highest BCUT2D eigenvalue weighted by Crippen LogP contribution is 2.30. The van der Waals surface area contributed by atoms with Crippen LogP contribution in [0.25, 0.3) is 0 Å². The summed E-state index contributed by atoms with van der Waals surface area (Å²) in [4.78, 5) is 12.4. The molecule has 3 aromatic rings. The highest BCUT2D eigenvalue weighted by atomic mass is 16.5. The van der Waals surface area contributed by atoms with Crippen LogP contribution in [0.2, 0.25) is 0 Å². The van der Waals surface area contributed by atoms with Crippen LogP contribution in [0.3, 0.4) is 0 Å². The second kappa shape index (κ2) is 10.0. The van der Waals surface area contributed by atoms with E-state index in [2.05, 4.69) is 10.6 Å². The molecule has 0 saturated heterocycles. The third-order valence-electron chi connectivity index (χ3n) is 4.20. The van der Waals surface area contributed by atoms with Crippen LogP contribution in [0.1, 0.15) is 6.42 Å². The Bertz CT molecular complexity index is 945. The minimum atomic E-state index is -0.109. The lowest BCUT2D eigenvalue weighted by molar-refractivity contribution is -0.116. The van der Waals surface area contributed by atoms with Crippen LogP contribution < -0.4 is 24.8 Å². The minimum Gasteiger partial charge on any atom is -0.493 e. The van der Waals surface area contributed by atoms with Gasteiger partial charge in [-0.15, -0.1) is 0 Å². The van der Waals surface area contributed by atoms with Gasteiger partial charge in [0.2, 0.25) is 5.91 Å². The minimum absolute atomic E-state index is 0.109. The highest BCUT2D eigenvalue weighted by Gasteiger charge is 2.09. The lowest BCUT2D eigenvalue weighted by Crippen LogP contribution is -2.16. The van der Waals surface area contributed by atoms with E-state index in [1.807, 2.05) is 72.8 Å². The lowest BCUT2D eigenvalue weighted by Gasteiger charge is -2.13. The second-order valence-electron chi connectivity index (χ2n) is 6.21. The van der Waals surface area contributed by atoms with E-state index in [1.54, 1.807) is 14.2 Å². The van der Waals surface area contributed by atoms with E-state index in [9.17, 15) is 4.79 Å². The Morgan fingerprint density at radius 3 is 2.31 bits per heavy atom. The summed E-state index contributed by atoms with van der Waals surface area (Å²) in [7, 11) is 3.18. The summed E-state index contributed by atoms with van der Waals surface area (Å²) in [6, 6.07) is 22.3. The van der Waals surface area contributed by atoms with E-state index in [-0.39, 0.29) is 5.91 Å². The molecule has 0 spiro atoms. The quantitative estimate of drug-likeness (QED) is 0.540. The lowest BCUT2D eigenvalue weighted by atomic mass is 10.2. The molecule has 3 aromatic carbocycles. The highest BCUT2D eigenvalue weighted by molar-refractivity contribution is 5.92. The number of rotatable bonds is 9. The smallest absolute Gasteiger partial charge is 0.226 e. The van der Waals surface area contributed by atoms with Crippen molar-refractivity contribution >= 4 is 17.3 Å². The van der Waals surface area contributed by atoms with E-state index in [0.29, 0.717) is 41.7 Å². The number of amides is 1. The predicted molar refractivity (Wildman–Crippen MR) is 114 cm³/mol. The third kappa shape index (κ3) is 5.65. The number of hydrogen-bond acceptors (Lipinski definition) is 5. The molecule has 1 amide bonds. The van der Waals surface area contributed by atoms with Gasteiger partial charge in [0.1, 0.15) is 5.75 Å². The summed E-state index contributed by atoms with van der Waals surface area (Å²) < 4.78 is 16.4. The summed E-state index contributed by atoms with van der Waals surface area (Å²) in [5.74, 6) is 2.49. The molecule has 0 fully saturated rings. The molecule has 0 aromatic heterocycles. The van der Waals surface area contributed by atoms with E-state index < -0.39 is 0 Å². The van der Waals surface area contributed by atoms with Gasteiger partial charge in [0.05, 0.1) is 19.9 Å². The maximum Gasteiger partial charge on any atom is 0.226 e. The van der Waals surface area contributed by atoms with Crippen LogP contribution in [-0.2, 0) is 4.79 Å². The number of hydrogen-bond donors (Lipinski definition) is 2. The van der Waals surface area contributed by atoms with Gasteiger partial charge >= 0.3 is 0 Å². The number of para-hydroxylation sites is 3. The zero-order valence-electron chi connectivity index (χ0n) is 16.5. The van der Waals surface area contributed by atoms with Crippen molar-refractivity contribution < 1.29 is 19.0 Å². The van der Waals surface area contributed by atoms with E-state index in [1.165, 1.54) is 0 Å². The fraction of sp³-hybridized carbons (Fsp3) is 0.174. The fourth-order valence-corrected chi connectivity index (χ4v) is 2.75. The first-order chi connectivity index (χ1) is 14.2. The molecule has 0 aliphatic rings. The number of carbonyl (C=O) groups is 1. The van der Waals surface area contributed by atoms with E-state index >= 15 is 0 Å². The standard InChI is InChI=1S/C23H24N2O4/c1-27-21-13-12-17(16-22(21)28-2)24-15-14-23(26)25-19-10-6-7-11-20(19)29-18-8-4-3-5-9-18/h3-13,16,24H,14-15H2,1-2H3,(H,25,26). The van der Waals surface area contributed by atoms with Crippen molar-refractivity contribution in [3.63, 3.8) is 0 Å². The molecule has 2 N–H and O–H groups in total. The maximum atomic E-state index is 12.4. The van der Waals surface area contributed by atoms with Gasteiger partial charge in [0, 0.05) is 24.7 Å². The van der Waals surface area contributed by atoms with Gasteiger partial charge in [-0.2, -0.15) is 0 Å². The Kier molecular flexibility index (Phi) is 6.95. The van der Waals surface area contributed by atoms with Crippen molar-refractivity contribution in [1.29, 1.82) is 0 Å². The predicted octanol–water partition coefficient (Wildman–Crippen LogP) is 4.94. The van der Waals surface area contributed by atoms with Gasteiger partial charge in [-0.1, -0.05) is 30.3 Å². The molecule has 6 nitrogen and oxygen atoms in total. The molecule has 3 rings (SSSR count). The van der Waals surface area contributed by atoms with Crippen LogP contribution in [0.15, 0.2) is 72.8 Å². The first kappa shape index (κ1) is 20.1. The Morgan fingerprint density at radius 2 is 1.55 bits per heavy atom. The molecule has 6 heteroatoms. The molecule has 0 unspecified atom stereocenters. The summed E-state index contributed by atoms with van der Waals surface area (Å²) in [6.45, 7) is 0.475. The van der Waals surface area contributed by atoms with Gasteiger partial charge < -0.3 is 24.8 Å². The second-order valence-corrected chi connectivity index (χ2v) is 6.21. The Morgan fingerprint density at radius 1 is 0.828 bits per heavy atom. The molecule has 0 radical (unpaired) electrons. The number of benzene rings is 3. The molecule has 0 aliphatic heterocycles. The normalized spacial score (nSPS) is 10.1. The van der Waals surface area contributed by atoms with Crippen molar-refractivity contribution in [1.82, 2.24) is 0 Å². The molecular formula is C23H24N2O4. The molecule has 150 valence electrons. The number of ether oxygens (including phenoxy) is 3. The SMILES string of the molecule is COc1ccc(NCCC(=O)Nc2ccccc2Oc2ccccc2)cc1OC. The van der Waals surface area contributed by atoms with Gasteiger partial charge in [0.15, 0.2) is 17.2 Å². The average Bonchev–Trinajstić information content (AvgIpc) is 2.75. The zero-order valence-corrected chi connectivity index (χ0v) is 16.5. The maximum absolute atomic E-state index is 12.4. The molecule has 0 saturated carbocycles. The van der Waals surface area contributed by atoms with Crippen LogP contribution in [-0.4, -0.2) is 26.7 Å². The van der Waals surface area contributed by atoms with Crippen molar-refractivity contribution in [3.8, 4) is 23.0 Å². The topological polar surface area (TPSA) is 68.8 Å². The first-order valence-corrected chi connectivity index (χ1v) is 9.27. The number of nitrogens with one attached hydrogen (secondary N) is 2. The van der Waals surface area contributed by atoms with Crippen molar-refractivity contribution in [3.05, 3.63) is 72.8 Å². The summed E-state index contributed by atoms with van der Waals surface area (Å²) in [6.07, 6.45) is 0.300. The van der Waals surface area contributed by atoms with Gasteiger partial charge in [-0.05, 0) is 36.4 Å². The van der Waals surface area contributed by atoms with Crippen LogP contribution in [0.4, 0.5) is 11.4 Å². The average molecular weight is 392 g/mol. The summed E-state index contributed by atoms with van der Waals surface area (Å²) in [5.41, 5.74) is 1.48.